The third-order valence-corrected chi connectivity index (χ3v) is 4.26. The van der Waals surface area contributed by atoms with Gasteiger partial charge in [0.15, 0.2) is 0 Å². The summed E-state index contributed by atoms with van der Waals surface area (Å²) in [6, 6.07) is 12.6. The van der Waals surface area contributed by atoms with Crippen LogP contribution in [-0.2, 0) is 16.0 Å². The molecule has 3 N–H and O–H groups in total. The number of hydrogen-bond donors (Lipinski definition) is 2. The van der Waals surface area contributed by atoms with Gasteiger partial charge in [-0.05, 0) is 35.2 Å². The minimum atomic E-state index is -0.836. The van der Waals surface area contributed by atoms with Crippen molar-refractivity contribution in [2.24, 2.45) is 5.73 Å². The van der Waals surface area contributed by atoms with Crippen LogP contribution in [0.4, 0.5) is 4.39 Å². The van der Waals surface area contributed by atoms with Gasteiger partial charge in [0.2, 0.25) is 5.91 Å². The van der Waals surface area contributed by atoms with Crippen molar-refractivity contribution >= 4 is 18.3 Å². The van der Waals surface area contributed by atoms with Gasteiger partial charge in [0.25, 0.3) is 0 Å². The van der Waals surface area contributed by atoms with E-state index in [0.717, 1.165) is 5.56 Å². The molecule has 2 unspecified atom stereocenters. The Kier molecular flexibility index (Phi) is 5.94. The fourth-order valence-electron chi connectivity index (χ4n) is 3.07. The van der Waals surface area contributed by atoms with E-state index in [2.05, 4.69) is 5.32 Å². The smallest absolute Gasteiger partial charge is 0.241 e. The zero-order chi connectivity index (χ0) is 16.4. The van der Waals surface area contributed by atoms with Crippen LogP contribution in [0, 0.1) is 5.82 Å². The second-order valence-electron chi connectivity index (χ2n) is 5.70. The van der Waals surface area contributed by atoms with Crippen molar-refractivity contribution in [2.75, 3.05) is 7.11 Å². The van der Waals surface area contributed by atoms with E-state index in [1.165, 1.54) is 29.8 Å². The molecule has 2 aromatic rings. The molecular weight excluding hydrogens is 331 g/mol. The quantitative estimate of drug-likeness (QED) is 0.891. The van der Waals surface area contributed by atoms with Crippen molar-refractivity contribution in [3.8, 4) is 0 Å². The Morgan fingerprint density at radius 2 is 1.92 bits per heavy atom. The molecule has 0 saturated carbocycles. The van der Waals surface area contributed by atoms with Crippen molar-refractivity contribution in [1.82, 2.24) is 5.32 Å². The Morgan fingerprint density at radius 1 is 1.25 bits per heavy atom. The fraction of sp³-hybridized carbons (Fsp3) is 0.278. The number of halogens is 2. The lowest BCUT2D eigenvalue weighted by molar-refractivity contribution is -0.124. The zero-order valence-electron chi connectivity index (χ0n) is 13.2. The number of nitrogens with one attached hydrogen (secondary N) is 1. The highest BCUT2D eigenvalue weighted by molar-refractivity contribution is 5.85. The van der Waals surface area contributed by atoms with Gasteiger partial charge in [0, 0.05) is 7.11 Å². The number of amides is 1. The highest BCUT2D eigenvalue weighted by Gasteiger charge is 2.34. The molecule has 1 amide bonds. The lowest BCUT2D eigenvalue weighted by Crippen LogP contribution is -2.43. The number of carbonyl (C=O) groups excluding carboxylic acids is 1. The molecule has 0 bridgehead atoms. The van der Waals surface area contributed by atoms with E-state index in [0.29, 0.717) is 12.0 Å². The monoisotopic (exact) mass is 350 g/mol. The zero-order valence-corrected chi connectivity index (χ0v) is 14.1. The second-order valence-corrected chi connectivity index (χ2v) is 5.70. The van der Waals surface area contributed by atoms with Crippen molar-refractivity contribution in [2.45, 2.75) is 24.6 Å². The molecule has 3 rings (SSSR count). The predicted molar refractivity (Wildman–Crippen MR) is 92.4 cm³/mol. The Bertz CT molecular complexity index is 708. The summed E-state index contributed by atoms with van der Waals surface area (Å²) in [4.78, 5) is 12.4. The third kappa shape index (κ3) is 3.59. The van der Waals surface area contributed by atoms with Crippen LogP contribution in [0.15, 0.2) is 48.5 Å². The molecule has 0 aliphatic heterocycles. The van der Waals surface area contributed by atoms with Gasteiger partial charge >= 0.3 is 0 Å². The number of hydrogen-bond acceptors (Lipinski definition) is 3. The van der Waals surface area contributed by atoms with E-state index in [1.807, 2.05) is 24.3 Å². The first kappa shape index (κ1) is 18.4. The Labute approximate surface area is 146 Å². The van der Waals surface area contributed by atoms with Crippen molar-refractivity contribution < 1.29 is 13.9 Å². The standard InChI is InChI=1S/C18H19FN2O2.ClH/c1-23-17-14-5-3-2-4-12(14)10-15(17)21-18(22)16(20)11-6-8-13(19)9-7-11;/h2-9,15-17H,10,20H2,1H3,(H,21,22);1H/t15?,16-,17?;/m0./s1. The van der Waals surface area contributed by atoms with E-state index < -0.39 is 6.04 Å². The summed E-state index contributed by atoms with van der Waals surface area (Å²) >= 11 is 0. The molecular formula is C18H20ClFN2O2. The highest BCUT2D eigenvalue weighted by atomic mass is 35.5. The van der Waals surface area contributed by atoms with Gasteiger partial charge in [-0.3, -0.25) is 4.79 Å². The third-order valence-electron chi connectivity index (χ3n) is 4.26. The van der Waals surface area contributed by atoms with Gasteiger partial charge < -0.3 is 15.8 Å². The van der Waals surface area contributed by atoms with Crippen LogP contribution in [0.3, 0.4) is 0 Å². The Balaban J connectivity index is 0.00000208. The lowest BCUT2D eigenvalue weighted by atomic mass is 10.1. The van der Waals surface area contributed by atoms with Crippen LogP contribution in [0.5, 0.6) is 0 Å². The van der Waals surface area contributed by atoms with Gasteiger partial charge in [-0.15, -0.1) is 12.4 Å². The molecule has 3 atom stereocenters. The van der Waals surface area contributed by atoms with Crippen LogP contribution in [0.2, 0.25) is 0 Å². The molecule has 1 aliphatic carbocycles. The first-order valence-electron chi connectivity index (χ1n) is 7.52. The minimum Gasteiger partial charge on any atom is -0.375 e. The van der Waals surface area contributed by atoms with Crippen LogP contribution < -0.4 is 11.1 Å². The molecule has 128 valence electrons. The number of ether oxygens (including phenoxy) is 1. The molecule has 0 fully saturated rings. The maximum absolute atomic E-state index is 13.0. The van der Waals surface area contributed by atoms with Gasteiger partial charge in [0.1, 0.15) is 18.0 Å². The average Bonchev–Trinajstić information content (AvgIpc) is 2.91. The van der Waals surface area contributed by atoms with Crippen LogP contribution >= 0.6 is 12.4 Å². The number of fused-ring (bicyclic) bond motifs is 1. The SMILES string of the molecule is COC1c2ccccc2CC1NC(=O)[C@@H](N)c1ccc(F)cc1.Cl. The molecule has 4 nitrogen and oxygen atoms in total. The minimum absolute atomic E-state index is 0. The molecule has 0 saturated heterocycles. The van der Waals surface area contributed by atoms with Crippen molar-refractivity contribution in [1.29, 1.82) is 0 Å². The summed E-state index contributed by atoms with van der Waals surface area (Å²) in [6.07, 6.45) is 0.520. The molecule has 1 aliphatic rings. The average molecular weight is 351 g/mol. The topological polar surface area (TPSA) is 64.3 Å². The molecule has 0 spiro atoms. The number of rotatable bonds is 4. The van der Waals surface area contributed by atoms with Crippen molar-refractivity contribution in [3.05, 3.63) is 71.0 Å². The first-order chi connectivity index (χ1) is 11.1. The fourth-order valence-corrected chi connectivity index (χ4v) is 3.07. The summed E-state index contributed by atoms with van der Waals surface area (Å²) in [5.74, 6) is -0.650. The molecule has 2 aromatic carbocycles. The van der Waals surface area contributed by atoms with Gasteiger partial charge in [-0.2, -0.15) is 0 Å². The van der Waals surface area contributed by atoms with Gasteiger partial charge in [-0.1, -0.05) is 36.4 Å². The number of nitrogens with two attached hydrogens (primary N) is 1. The van der Waals surface area contributed by atoms with E-state index in [-0.39, 0.29) is 36.3 Å². The van der Waals surface area contributed by atoms with Crippen molar-refractivity contribution in [3.63, 3.8) is 0 Å². The maximum atomic E-state index is 13.0. The molecule has 24 heavy (non-hydrogen) atoms. The molecule has 0 aromatic heterocycles. The van der Waals surface area contributed by atoms with Crippen LogP contribution in [0.25, 0.3) is 0 Å². The normalized spacial score (nSPS) is 20.0. The summed E-state index contributed by atoms with van der Waals surface area (Å²) < 4.78 is 18.5. The summed E-state index contributed by atoms with van der Waals surface area (Å²) in [7, 11) is 1.63. The van der Waals surface area contributed by atoms with E-state index in [4.69, 9.17) is 10.5 Å². The molecule has 0 heterocycles. The van der Waals surface area contributed by atoms with Gasteiger partial charge in [0.05, 0.1) is 6.04 Å². The first-order valence-corrected chi connectivity index (χ1v) is 7.52. The maximum Gasteiger partial charge on any atom is 0.241 e. The second kappa shape index (κ2) is 7.75. The number of carbonyl (C=O) groups is 1. The lowest BCUT2D eigenvalue weighted by Gasteiger charge is -2.22. The highest BCUT2D eigenvalue weighted by Crippen LogP contribution is 2.33. The summed E-state index contributed by atoms with van der Waals surface area (Å²) in [5, 5.41) is 2.96. The molecule has 0 radical (unpaired) electrons. The van der Waals surface area contributed by atoms with Crippen LogP contribution in [0.1, 0.15) is 28.8 Å². The number of methoxy groups -OCH3 is 1. The summed E-state index contributed by atoms with van der Waals surface area (Å²) in [6.45, 7) is 0. The Hall–Kier alpha value is -1.95. The summed E-state index contributed by atoms with van der Waals surface area (Å²) in [5.41, 5.74) is 8.82. The largest absolute Gasteiger partial charge is 0.375 e. The van der Waals surface area contributed by atoms with E-state index in [9.17, 15) is 9.18 Å². The van der Waals surface area contributed by atoms with Gasteiger partial charge in [-0.25, -0.2) is 4.39 Å². The number of benzene rings is 2. The molecule has 6 heteroatoms. The predicted octanol–water partition coefficient (Wildman–Crippen LogP) is 2.68. The van der Waals surface area contributed by atoms with E-state index >= 15 is 0 Å². The Morgan fingerprint density at radius 3 is 2.58 bits per heavy atom. The van der Waals surface area contributed by atoms with Crippen LogP contribution in [-0.4, -0.2) is 19.1 Å². The van der Waals surface area contributed by atoms with E-state index in [1.54, 1.807) is 7.11 Å².